The Hall–Kier alpha value is -3.59. The van der Waals surface area contributed by atoms with E-state index in [4.69, 9.17) is 9.47 Å². The van der Waals surface area contributed by atoms with Gasteiger partial charge in [0.25, 0.3) is 10.0 Å². The van der Waals surface area contributed by atoms with Gasteiger partial charge in [-0.1, -0.05) is 12.1 Å². The summed E-state index contributed by atoms with van der Waals surface area (Å²) in [7, 11) is -1.38. The summed E-state index contributed by atoms with van der Waals surface area (Å²) in [6.07, 6.45) is 0. The number of hydrogen-bond acceptors (Lipinski definition) is 5. The molecule has 1 atom stereocenters. The van der Waals surface area contributed by atoms with E-state index in [0.717, 1.165) is 38.7 Å². The first-order chi connectivity index (χ1) is 17.0. The first kappa shape index (κ1) is 27.0. The lowest BCUT2D eigenvalue weighted by Gasteiger charge is -2.26. The number of anilines is 1. The topological polar surface area (TPSA) is 84.9 Å². The number of carbonyl (C=O) groups excluding carboxylic acids is 1. The van der Waals surface area contributed by atoms with Crippen molar-refractivity contribution >= 4 is 21.6 Å². The molecule has 0 aliphatic rings. The van der Waals surface area contributed by atoms with Gasteiger partial charge in [-0.2, -0.15) is 0 Å². The molecule has 36 heavy (non-hydrogen) atoms. The molecule has 0 saturated heterocycles. The van der Waals surface area contributed by atoms with Crippen LogP contribution in [0.15, 0.2) is 59.5 Å². The predicted octanol–water partition coefficient (Wildman–Crippen LogP) is 4.84. The number of amides is 1. The van der Waals surface area contributed by atoms with Crippen molar-refractivity contribution in [3.05, 3.63) is 82.7 Å². The largest absolute Gasteiger partial charge is 0.493 e. The lowest BCUT2D eigenvalue weighted by atomic mass is 9.96. The second kappa shape index (κ2) is 11.0. The molecule has 3 rings (SSSR count). The molecule has 9 heteroatoms. The van der Waals surface area contributed by atoms with Gasteiger partial charge in [-0.3, -0.25) is 9.10 Å². The monoisotopic (exact) mass is 514 g/mol. The summed E-state index contributed by atoms with van der Waals surface area (Å²) < 4.78 is 52.3. The van der Waals surface area contributed by atoms with Crippen LogP contribution in [0.4, 0.5) is 10.1 Å². The molecular weight excluding hydrogens is 483 g/mol. The number of hydrogen-bond donors (Lipinski definition) is 1. The first-order valence-electron chi connectivity index (χ1n) is 11.4. The highest BCUT2D eigenvalue weighted by atomic mass is 32.2. The number of sulfonamides is 1. The van der Waals surface area contributed by atoms with Gasteiger partial charge in [0.15, 0.2) is 11.5 Å². The molecule has 0 fully saturated rings. The van der Waals surface area contributed by atoms with E-state index in [-0.39, 0.29) is 22.4 Å². The number of methoxy groups -OCH3 is 2. The van der Waals surface area contributed by atoms with E-state index in [0.29, 0.717) is 5.75 Å². The lowest BCUT2D eigenvalue weighted by molar-refractivity contribution is -0.120. The van der Waals surface area contributed by atoms with E-state index >= 15 is 0 Å². The lowest BCUT2D eigenvalue weighted by Crippen LogP contribution is -2.41. The highest BCUT2D eigenvalue weighted by Crippen LogP contribution is 2.32. The van der Waals surface area contributed by atoms with Crippen molar-refractivity contribution in [3.63, 3.8) is 0 Å². The van der Waals surface area contributed by atoms with Crippen LogP contribution in [0.2, 0.25) is 0 Å². The number of ether oxygens (including phenoxy) is 2. The van der Waals surface area contributed by atoms with Crippen LogP contribution in [0.25, 0.3) is 0 Å². The number of rotatable bonds is 9. The van der Waals surface area contributed by atoms with Crippen molar-refractivity contribution in [2.75, 3.05) is 25.1 Å². The van der Waals surface area contributed by atoms with Gasteiger partial charge in [-0.15, -0.1) is 0 Å². The summed E-state index contributed by atoms with van der Waals surface area (Å²) in [5.74, 6) is -0.444. The van der Waals surface area contributed by atoms with Gasteiger partial charge < -0.3 is 14.8 Å². The van der Waals surface area contributed by atoms with Crippen LogP contribution < -0.4 is 19.1 Å². The van der Waals surface area contributed by atoms with Crippen molar-refractivity contribution in [1.82, 2.24) is 5.32 Å². The summed E-state index contributed by atoms with van der Waals surface area (Å²) in [5, 5.41) is 2.90. The minimum Gasteiger partial charge on any atom is -0.493 e. The number of carbonyl (C=O) groups is 1. The Morgan fingerprint density at radius 3 is 2.14 bits per heavy atom. The van der Waals surface area contributed by atoms with Gasteiger partial charge in [0, 0.05) is 6.07 Å². The number of nitrogens with one attached hydrogen (secondary N) is 1. The van der Waals surface area contributed by atoms with E-state index in [9.17, 15) is 17.6 Å². The Kier molecular flexibility index (Phi) is 8.24. The quantitative estimate of drug-likeness (QED) is 0.442. The molecule has 0 heterocycles. The number of benzene rings is 3. The smallest absolute Gasteiger partial charge is 0.264 e. The maximum atomic E-state index is 13.7. The Morgan fingerprint density at radius 1 is 0.917 bits per heavy atom. The van der Waals surface area contributed by atoms with E-state index < -0.39 is 28.3 Å². The zero-order valence-corrected chi connectivity index (χ0v) is 22.1. The maximum absolute atomic E-state index is 13.7. The Bertz CT molecular complexity index is 1360. The zero-order valence-electron chi connectivity index (χ0n) is 21.3. The van der Waals surface area contributed by atoms with Crippen molar-refractivity contribution in [2.45, 2.75) is 38.6 Å². The molecule has 0 spiro atoms. The molecule has 0 bridgehead atoms. The summed E-state index contributed by atoms with van der Waals surface area (Å²) >= 11 is 0. The van der Waals surface area contributed by atoms with Crippen molar-refractivity contribution in [3.8, 4) is 11.5 Å². The highest BCUT2D eigenvalue weighted by Gasteiger charge is 2.29. The van der Waals surface area contributed by atoms with Crippen LogP contribution >= 0.6 is 0 Å². The second-order valence-corrected chi connectivity index (χ2v) is 10.4. The van der Waals surface area contributed by atoms with Crippen molar-refractivity contribution < 1.29 is 27.1 Å². The molecule has 1 unspecified atom stereocenters. The molecule has 0 radical (unpaired) electrons. The Morgan fingerprint density at radius 2 is 1.53 bits per heavy atom. The Labute approximate surface area is 211 Å². The first-order valence-corrected chi connectivity index (χ1v) is 12.8. The van der Waals surface area contributed by atoms with Crippen LogP contribution in [-0.4, -0.2) is 35.1 Å². The number of halogens is 1. The maximum Gasteiger partial charge on any atom is 0.264 e. The van der Waals surface area contributed by atoms with Crippen LogP contribution in [0.3, 0.4) is 0 Å². The SMILES string of the molecule is COc1ccc(S(=O)(=O)N(CC(=O)NC(C)c2cc(C)c(C)cc2C)c2ccc(F)cc2)cc1OC. The standard InChI is InChI=1S/C27H31FN2O5S/c1-17-13-19(3)24(14-18(17)2)20(4)29-27(31)16-30(22-9-7-21(28)8-10-22)36(32,33)23-11-12-25(34-5)26(15-23)35-6/h7-15,20H,16H2,1-6H3,(H,29,31). The van der Waals surface area contributed by atoms with E-state index in [1.165, 1.54) is 44.6 Å². The fraction of sp³-hybridized carbons (Fsp3) is 0.296. The fourth-order valence-corrected chi connectivity index (χ4v) is 5.41. The highest BCUT2D eigenvalue weighted by molar-refractivity contribution is 7.92. The molecule has 7 nitrogen and oxygen atoms in total. The summed E-state index contributed by atoms with van der Waals surface area (Å²) in [6.45, 7) is 7.33. The van der Waals surface area contributed by atoms with Crippen molar-refractivity contribution in [2.24, 2.45) is 0 Å². The molecule has 0 saturated carbocycles. The van der Waals surface area contributed by atoms with E-state index in [1.807, 2.05) is 33.8 Å². The van der Waals surface area contributed by atoms with Gasteiger partial charge in [-0.05, 0) is 86.3 Å². The molecule has 1 amide bonds. The fourth-order valence-electron chi connectivity index (χ4n) is 3.97. The molecule has 3 aromatic carbocycles. The third-order valence-corrected chi connectivity index (χ3v) is 7.84. The van der Waals surface area contributed by atoms with E-state index in [1.54, 1.807) is 0 Å². The second-order valence-electron chi connectivity index (χ2n) is 8.59. The molecule has 192 valence electrons. The van der Waals surface area contributed by atoms with Gasteiger partial charge in [0.05, 0.1) is 30.8 Å². The molecule has 0 aliphatic carbocycles. The predicted molar refractivity (Wildman–Crippen MR) is 138 cm³/mol. The normalized spacial score (nSPS) is 12.1. The zero-order chi connectivity index (χ0) is 26.6. The molecule has 0 aliphatic heterocycles. The molecular formula is C27H31FN2O5S. The average molecular weight is 515 g/mol. The summed E-state index contributed by atoms with van der Waals surface area (Å²) in [4.78, 5) is 13.0. The van der Waals surface area contributed by atoms with Crippen molar-refractivity contribution in [1.29, 1.82) is 0 Å². The van der Waals surface area contributed by atoms with Crippen LogP contribution in [0.1, 0.15) is 35.2 Å². The molecule has 3 aromatic rings. The third kappa shape index (κ3) is 5.79. The minimum absolute atomic E-state index is 0.102. The molecule has 0 aromatic heterocycles. The summed E-state index contributed by atoms with van der Waals surface area (Å²) in [6, 6.07) is 12.8. The minimum atomic E-state index is -4.23. The van der Waals surface area contributed by atoms with Crippen LogP contribution in [-0.2, 0) is 14.8 Å². The van der Waals surface area contributed by atoms with Crippen LogP contribution in [0, 0.1) is 26.6 Å². The molecule has 1 N–H and O–H groups in total. The summed E-state index contributed by atoms with van der Waals surface area (Å²) in [5.41, 5.74) is 4.37. The number of nitrogens with zero attached hydrogens (tertiary/aromatic N) is 1. The van der Waals surface area contributed by atoms with Gasteiger partial charge in [-0.25, -0.2) is 12.8 Å². The van der Waals surface area contributed by atoms with E-state index in [2.05, 4.69) is 11.4 Å². The van der Waals surface area contributed by atoms with Crippen LogP contribution in [0.5, 0.6) is 11.5 Å². The Balaban J connectivity index is 1.95. The third-order valence-electron chi connectivity index (χ3n) is 6.07. The van der Waals surface area contributed by atoms with Gasteiger partial charge in [0.1, 0.15) is 12.4 Å². The average Bonchev–Trinajstić information content (AvgIpc) is 2.84. The van der Waals surface area contributed by atoms with Gasteiger partial charge in [0.2, 0.25) is 5.91 Å². The van der Waals surface area contributed by atoms with Gasteiger partial charge >= 0.3 is 0 Å². The number of aryl methyl sites for hydroxylation is 3.